The second-order valence-electron chi connectivity index (χ2n) is 6.33. The van der Waals surface area contributed by atoms with E-state index >= 15 is 0 Å². The molecule has 134 valence electrons. The molecule has 1 aliphatic rings. The lowest BCUT2D eigenvalue weighted by Crippen LogP contribution is -2.32. The number of rotatable bonds is 3. The number of fused-ring (bicyclic) bond motifs is 3. The molecule has 2 heterocycles. The van der Waals surface area contributed by atoms with Crippen LogP contribution in [-0.2, 0) is 13.0 Å². The van der Waals surface area contributed by atoms with Crippen LogP contribution >= 0.6 is 11.6 Å². The Kier molecular flexibility index (Phi) is 4.32. The minimum Gasteiger partial charge on any atom is -0.473 e. The van der Waals surface area contributed by atoms with Crippen molar-refractivity contribution in [3.05, 3.63) is 68.8 Å². The molecule has 1 aliphatic heterocycles. The van der Waals surface area contributed by atoms with Gasteiger partial charge in [-0.1, -0.05) is 24.9 Å². The largest absolute Gasteiger partial charge is 0.473 e. The zero-order chi connectivity index (χ0) is 18.3. The number of anilines is 1. The van der Waals surface area contributed by atoms with E-state index < -0.39 is 5.82 Å². The quantitative estimate of drug-likeness (QED) is 0.613. The van der Waals surface area contributed by atoms with E-state index in [1.54, 1.807) is 18.2 Å². The Morgan fingerprint density at radius 2 is 2.08 bits per heavy atom. The van der Waals surface area contributed by atoms with E-state index in [0.29, 0.717) is 24.6 Å². The van der Waals surface area contributed by atoms with Crippen molar-refractivity contribution in [3.8, 4) is 5.75 Å². The first kappa shape index (κ1) is 16.9. The molecule has 0 spiro atoms. The molecule has 0 amide bonds. The van der Waals surface area contributed by atoms with Crippen LogP contribution in [0.25, 0.3) is 11.0 Å². The Bertz CT molecular complexity index is 1050. The molecule has 0 unspecified atom stereocenters. The van der Waals surface area contributed by atoms with Crippen molar-refractivity contribution in [3.63, 3.8) is 0 Å². The summed E-state index contributed by atoms with van der Waals surface area (Å²) in [7, 11) is 0. The smallest absolute Gasteiger partial charge is 0.336 e. The van der Waals surface area contributed by atoms with Crippen molar-refractivity contribution >= 4 is 28.3 Å². The molecule has 4 rings (SSSR count). The number of aryl methyl sites for hydroxylation is 1. The van der Waals surface area contributed by atoms with Gasteiger partial charge >= 0.3 is 5.63 Å². The third-order valence-corrected chi connectivity index (χ3v) is 4.86. The van der Waals surface area contributed by atoms with Crippen molar-refractivity contribution in [2.45, 2.75) is 26.3 Å². The minimum absolute atomic E-state index is 0.0583. The molecule has 0 aliphatic carbocycles. The summed E-state index contributed by atoms with van der Waals surface area (Å²) in [5, 5.41) is 0.982. The summed E-state index contributed by atoms with van der Waals surface area (Å²) in [4.78, 5) is 13.9. The summed E-state index contributed by atoms with van der Waals surface area (Å²) < 4.78 is 24.8. The van der Waals surface area contributed by atoms with E-state index in [2.05, 4.69) is 6.92 Å². The van der Waals surface area contributed by atoms with Crippen LogP contribution in [0.1, 0.15) is 24.5 Å². The fourth-order valence-electron chi connectivity index (χ4n) is 3.32. The van der Waals surface area contributed by atoms with E-state index in [9.17, 15) is 9.18 Å². The van der Waals surface area contributed by atoms with Gasteiger partial charge in [0.1, 0.15) is 17.1 Å². The topological polar surface area (TPSA) is 42.7 Å². The highest BCUT2D eigenvalue weighted by molar-refractivity contribution is 6.31. The maximum atomic E-state index is 13.4. The predicted molar refractivity (Wildman–Crippen MR) is 99.6 cm³/mol. The van der Waals surface area contributed by atoms with Crippen molar-refractivity contribution in [1.82, 2.24) is 0 Å². The zero-order valence-electron chi connectivity index (χ0n) is 14.2. The van der Waals surface area contributed by atoms with Gasteiger partial charge in [-0.15, -0.1) is 0 Å². The molecule has 2 aromatic carbocycles. The lowest BCUT2D eigenvalue weighted by atomic mass is 10.0. The monoisotopic (exact) mass is 373 g/mol. The Hall–Kier alpha value is -2.53. The molecule has 0 saturated heterocycles. The van der Waals surface area contributed by atoms with Gasteiger partial charge in [-0.3, -0.25) is 0 Å². The van der Waals surface area contributed by atoms with Gasteiger partial charge in [0.05, 0.1) is 17.1 Å². The normalized spacial score (nSPS) is 13.6. The molecule has 0 fully saturated rings. The SMILES string of the molecule is CCCc1cc(=O)oc2c3c(ccc12)OCN(c1ccc(F)c(Cl)c1)C3. The van der Waals surface area contributed by atoms with Gasteiger partial charge in [-0.05, 0) is 42.3 Å². The van der Waals surface area contributed by atoms with Gasteiger partial charge in [0, 0.05) is 17.1 Å². The van der Waals surface area contributed by atoms with E-state index in [4.69, 9.17) is 20.8 Å². The maximum Gasteiger partial charge on any atom is 0.336 e. The first-order chi connectivity index (χ1) is 12.6. The molecule has 0 saturated carbocycles. The summed E-state index contributed by atoms with van der Waals surface area (Å²) in [5.74, 6) is 0.230. The van der Waals surface area contributed by atoms with Gasteiger partial charge in [0.25, 0.3) is 0 Å². The molecular weight excluding hydrogens is 357 g/mol. The van der Waals surface area contributed by atoms with Crippen LogP contribution in [0.4, 0.5) is 10.1 Å². The van der Waals surface area contributed by atoms with Crippen LogP contribution in [0.3, 0.4) is 0 Å². The Morgan fingerprint density at radius 1 is 1.23 bits per heavy atom. The molecule has 0 radical (unpaired) electrons. The van der Waals surface area contributed by atoms with Gasteiger partial charge in [0.15, 0.2) is 6.73 Å². The van der Waals surface area contributed by atoms with Gasteiger partial charge in [-0.25, -0.2) is 9.18 Å². The number of nitrogens with zero attached hydrogens (tertiary/aromatic N) is 1. The summed E-state index contributed by atoms with van der Waals surface area (Å²) in [5.41, 5.74) is 2.71. The standard InChI is InChI=1S/C20H17ClFNO3/c1-2-3-12-8-19(24)26-20-14(12)5-7-18-15(20)10-23(11-25-18)13-4-6-17(22)16(21)9-13/h4-9H,2-3,10-11H2,1H3. The summed E-state index contributed by atoms with van der Waals surface area (Å²) >= 11 is 5.90. The highest BCUT2D eigenvalue weighted by Gasteiger charge is 2.23. The van der Waals surface area contributed by atoms with E-state index in [-0.39, 0.29) is 10.6 Å². The Balaban J connectivity index is 1.81. The molecule has 26 heavy (non-hydrogen) atoms. The van der Waals surface area contributed by atoms with Crippen molar-refractivity contribution < 1.29 is 13.5 Å². The first-order valence-corrected chi connectivity index (χ1v) is 8.86. The van der Waals surface area contributed by atoms with E-state index in [1.807, 2.05) is 17.0 Å². The predicted octanol–water partition coefficient (Wildman–Crippen LogP) is 4.89. The van der Waals surface area contributed by atoms with Crippen LogP contribution < -0.4 is 15.3 Å². The van der Waals surface area contributed by atoms with Crippen LogP contribution in [0, 0.1) is 5.82 Å². The van der Waals surface area contributed by atoms with Crippen LogP contribution in [0.2, 0.25) is 5.02 Å². The highest BCUT2D eigenvalue weighted by Crippen LogP contribution is 2.35. The van der Waals surface area contributed by atoms with Gasteiger partial charge in [-0.2, -0.15) is 0 Å². The number of ether oxygens (including phenoxy) is 1. The second kappa shape index (κ2) is 6.65. The van der Waals surface area contributed by atoms with Gasteiger partial charge in [0.2, 0.25) is 0 Å². The van der Waals surface area contributed by atoms with Crippen molar-refractivity contribution in [2.75, 3.05) is 11.6 Å². The fraction of sp³-hybridized carbons (Fsp3) is 0.250. The number of hydrogen-bond donors (Lipinski definition) is 0. The minimum atomic E-state index is -0.464. The number of hydrogen-bond acceptors (Lipinski definition) is 4. The maximum absolute atomic E-state index is 13.4. The lowest BCUT2D eigenvalue weighted by molar-refractivity contribution is 0.289. The van der Waals surface area contributed by atoms with Crippen molar-refractivity contribution in [1.29, 1.82) is 0 Å². The van der Waals surface area contributed by atoms with Crippen molar-refractivity contribution in [2.24, 2.45) is 0 Å². The average molecular weight is 374 g/mol. The van der Waals surface area contributed by atoms with Crippen LogP contribution in [-0.4, -0.2) is 6.73 Å². The number of halogens is 2. The Morgan fingerprint density at radius 3 is 2.85 bits per heavy atom. The molecule has 0 atom stereocenters. The zero-order valence-corrected chi connectivity index (χ0v) is 15.0. The molecule has 0 bridgehead atoms. The van der Waals surface area contributed by atoms with E-state index in [1.165, 1.54) is 6.07 Å². The molecule has 6 heteroatoms. The molecule has 1 aromatic heterocycles. The van der Waals surface area contributed by atoms with Crippen LogP contribution in [0.15, 0.2) is 45.6 Å². The molecular formula is C20H17ClFNO3. The summed E-state index contributed by atoms with van der Waals surface area (Å²) in [6, 6.07) is 9.95. The first-order valence-electron chi connectivity index (χ1n) is 8.48. The lowest BCUT2D eigenvalue weighted by Gasteiger charge is -2.31. The Labute approximate surface area is 154 Å². The van der Waals surface area contributed by atoms with E-state index in [0.717, 1.165) is 35.0 Å². The third-order valence-electron chi connectivity index (χ3n) is 4.57. The highest BCUT2D eigenvalue weighted by atomic mass is 35.5. The average Bonchev–Trinajstić information content (AvgIpc) is 2.63. The fourth-order valence-corrected chi connectivity index (χ4v) is 3.50. The summed E-state index contributed by atoms with van der Waals surface area (Å²) in [6.45, 7) is 2.86. The molecule has 3 aromatic rings. The molecule has 4 nitrogen and oxygen atoms in total. The third kappa shape index (κ3) is 2.92. The number of benzene rings is 2. The van der Waals surface area contributed by atoms with Gasteiger partial charge < -0.3 is 14.1 Å². The second-order valence-corrected chi connectivity index (χ2v) is 6.74. The molecule has 0 N–H and O–H groups in total. The van der Waals surface area contributed by atoms with Crippen LogP contribution in [0.5, 0.6) is 5.75 Å². The summed E-state index contributed by atoms with van der Waals surface area (Å²) in [6.07, 6.45) is 1.74.